The fraction of sp³-hybridized carbons (Fsp3) is 0.308. The Morgan fingerprint density at radius 3 is 2.82 bits per heavy atom. The zero-order chi connectivity index (χ0) is 12.3. The van der Waals surface area contributed by atoms with Gasteiger partial charge in [-0.25, -0.2) is 4.98 Å². The van der Waals surface area contributed by atoms with Gasteiger partial charge in [0.15, 0.2) is 0 Å². The van der Waals surface area contributed by atoms with Gasteiger partial charge in [0.1, 0.15) is 0 Å². The summed E-state index contributed by atoms with van der Waals surface area (Å²) >= 11 is 7.90. The summed E-state index contributed by atoms with van der Waals surface area (Å²) in [6.07, 6.45) is 0.814. The van der Waals surface area contributed by atoms with Gasteiger partial charge in [0.25, 0.3) is 0 Å². The predicted octanol–water partition coefficient (Wildman–Crippen LogP) is 3.42. The van der Waals surface area contributed by atoms with Crippen LogP contribution in [-0.4, -0.2) is 12.0 Å². The minimum absolute atomic E-state index is 0.814. The average Bonchev–Trinajstić information content (AvgIpc) is 2.63. The smallest absolute Gasteiger partial charge is 0.0975 e. The number of benzene rings is 1. The third kappa shape index (κ3) is 3.06. The van der Waals surface area contributed by atoms with Crippen molar-refractivity contribution in [3.05, 3.63) is 50.4 Å². The summed E-state index contributed by atoms with van der Waals surface area (Å²) in [6, 6.07) is 7.93. The van der Waals surface area contributed by atoms with Gasteiger partial charge in [-0.1, -0.05) is 29.8 Å². The Bertz CT molecular complexity index is 508. The van der Waals surface area contributed by atoms with Crippen LogP contribution in [0.2, 0.25) is 5.02 Å². The van der Waals surface area contributed by atoms with E-state index in [2.05, 4.69) is 23.3 Å². The molecule has 0 radical (unpaired) electrons. The van der Waals surface area contributed by atoms with Crippen molar-refractivity contribution in [2.24, 2.45) is 0 Å². The Morgan fingerprint density at radius 1 is 1.35 bits per heavy atom. The standard InChI is InChI=1S/C13H15ClN2S/c1-9-12(8-15-2)17-13(16-9)7-10-5-3-4-6-11(10)14/h3-6,15H,7-8H2,1-2H3. The minimum atomic E-state index is 0.814. The maximum absolute atomic E-state index is 6.15. The van der Waals surface area contributed by atoms with Crippen LogP contribution in [0.3, 0.4) is 0 Å². The fourth-order valence-corrected chi connectivity index (χ4v) is 3.00. The maximum atomic E-state index is 6.15. The first-order valence-corrected chi connectivity index (χ1v) is 6.73. The number of nitrogens with one attached hydrogen (secondary N) is 1. The van der Waals surface area contributed by atoms with Gasteiger partial charge in [-0.2, -0.15) is 0 Å². The second kappa shape index (κ2) is 5.63. The number of halogens is 1. The first kappa shape index (κ1) is 12.6. The van der Waals surface area contributed by atoms with E-state index in [1.165, 1.54) is 4.88 Å². The molecule has 0 saturated heterocycles. The number of aromatic nitrogens is 1. The van der Waals surface area contributed by atoms with Gasteiger partial charge in [0.2, 0.25) is 0 Å². The van der Waals surface area contributed by atoms with Crippen molar-refractivity contribution in [3.8, 4) is 0 Å². The number of hydrogen-bond donors (Lipinski definition) is 1. The zero-order valence-corrected chi connectivity index (χ0v) is 11.5. The van der Waals surface area contributed by atoms with Crippen molar-refractivity contribution in [2.75, 3.05) is 7.05 Å². The highest BCUT2D eigenvalue weighted by Gasteiger charge is 2.08. The average molecular weight is 267 g/mol. The maximum Gasteiger partial charge on any atom is 0.0975 e. The van der Waals surface area contributed by atoms with E-state index in [1.54, 1.807) is 11.3 Å². The van der Waals surface area contributed by atoms with Crippen molar-refractivity contribution in [1.29, 1.82) is 0 Å². The van der Waals surface area contributed by atoms with E-state index in [-0.39, 0.29) is 0 Å². The van der Waals surface area contributed by atoms with E-state index >= 15 is 0 Å². The molecule has 1 N–H and O–H groups in total. The molecule has 4 heteroatoms. The molecule has 0 saturated carbocycles. The normalized spacial score (nSPS) is 10.8. The first-order valence-electron chi connectivity index (χ1n) is 5.54. The number of aryl methyl sites for hydroxylation is 1. The monoisotopic (exact) mass is 266 g/mol. The molecule has 0 bridgehead atoms. The molecule has 2 rings (SSSR count). The van der Waals surface area contributed by atoms with Crippen LogP contribution in [0.5, 0.6) is 0 Å². The Kier molecular flexibility index (Phi) is 4.15. The van der Waals surface area contributed by atoms with E-state index < -0.39 is 0 Å². The number of thiazole rings is 1. The van der Waals surface area contributed by atoms with Crippen LogP contribution in [0.15, 0.2) is 24.3 Å². The molecule has 1 aromatic heterocycles. The largest absolute Gasteiger partial charge is 0.315 e. The van der Waals surface area contributed by atoms with Gasteiger partial charge in [-0.15, -0.1) is 11.3 Å². The molecule has 0 unspecified atom stereocenters. The van der Waals surface area contributed by atoms with Crippen molar-refractivity contribution in [1.82, 2.24) is 10.3 Å². The summed E-state index contributed by atoms with van der Waals surface area (Å²) < 4.78 is 0. The van der Waals surface area contributed by atoms with Gasteiger partial charge in [0, 0.05) is 22.9 Å². The summed E-state index contributed by atoms with van der Waals surface area (Å²) in [5.41, 5.74) is 2.25. The summed E-state index contributed by atoms with van der Waals surface area (Å²) in [6.45, 7) is 2.94. The van der Waals surface area contributed by atoms with Crippen LogP contribution < -0.4 is 5.32 Å². The van der Waals surface area contributed by atoms with Crippen LogP contribution in [0.25, 0.3) is 0 Å². The summed E-state index contributed by atoms with van der Waals surface area (Å²) in [7, 11) is 1.95. The van der Waals surface area contributed by atoms with Crippen LogP contribution in [-0.2, 0) is 13.0 Å². The minimum Gasteiger partial charge on any atom is -0.315 e. The molecule has 0 spiro atoms. The van der Waals surface area contributed by atoms with Crippen molar-refractivity contribution >= 4 is 22.9 Å². The molecule has 0 fully saturated rings. The first-order chi connectivity index (χ1) is 8.20. The molecule has 1 aromatic carbocycles. The highest BCUT2D eigenvalue weighted by molar-refractivity contribution is 7.11. The Hall–Kier alpha value is -0.900. The molecule has 0 aliphatic heterocycles. The molecule has 0 aliphatic rings. The number of nitrogens with zero attached hydrogens (tertiary/aromatic N) is 1. The second-order valence-electron chi connectivity index (χ2n) is 3.91. The fourth-order valence-electron chi connectivity index (χ4n) is 1.69. The topological polar surface area (TPSA) is 24.9 Å². The van der Waals surface area contributed by atoms with Crippen molar-refractivity contribution in [3.63, 3.8) is 0 Å². The van der Waals surface area contributed by atoms with E-state index in [0.29, 0.717) is 0 Å². The van der Waals surface area contributed by atoms with Gasteiger partial charge in [-0.3, -0.25) is 0 Å². The van der Waals surface area contributed by atoms with Crippen LogP contribution in [0.1, 0.15) is 21.1 Å². The lowest BCUT2D eigenvalue weighted by Gasteiger charge is -2.00. The molecular formula is C13H15ClN2S. The Morgan fingerprint density at radius 2 is 2.12 bits per heavy atom. The Labute approximate surface area is 111 Å². The lowest BCUT2D eigenvalue weighted by atomic mass is 10.2. The highest BCUT2D eigenvalue weighted by atomic mass is 35.5. The molecule has 0 amide bonds. The number of hydrogen-bond acceptors (Lipinski definition) is 3. The summed E-state index contributed by atoms with van der Waals surface area (Å²) in [5.74, 6) is 0. The third-order valence-corrected chi connectivity index (χ3v) is 4.10. The molecule has 17 heavy (non-hydrogen) atoms. The lowest BCUT2D eigenvalue weighted by molar-refractivity contribution is 0.822. The molecule has 0 aliphatic carbocycles. The van der Waals surface area contributed by atoms with E-state index in [0.717, 1.165) is 34.3 Å². The molecule has 90 valence electrons. The molecule has 2 aromatic rings. The van der Waals surface area contributed by atoms with Crippen molar-refractivity contribution < 1.29 is 0 Å². The Balaban J connectivity index is 2.19. The summed E-state index contributed by atoms with van der Waals surface area (Å²) in [4.78, 5) is 5.89. The van der Waals surface area contributed by atoms with E-state index in [4.69, 9.17) is 11.6 Å². The molecule has 0 atom stereocenters. The second-order valence-corrected chi connectivity index (χ2v) is 5.49. The van der Waals surface area contributed by atoms with Crippen LogP contribution in [0, 0.1) is 6.92 Å². The predicted molar refractivity (Wildman–Crippen MR) is 73.9 cm³/mol. The SMILES string of the molecule is CNCc1sc(Cc2ccccc2Cl)nc1C. The van der Waals surface area contributed by atoms with Crippen molar-refractivity contribution in [2.45, 2.75) is 19.9 Å². The van der Waals surface area contributed by atoms with E-state index in [9.17, 15) is 0 Å². The third-order valence-electron chi connectivity index (χ3n) is 2.57. The molecule has 2 nitrogen and oxygen atoms in total. The van der Waals surface area contributed by atoms with Crippen LogP contribution >= 0.6 is 22.9 Å². The highest BCUT2D eigenvalue weighted by Crippen LogP contribution is 2.23. The number of rotatable bonds is 4. The van der Waals surface area contributed by atoms with Gasteiger partial charge < -0.3 is 5.32 Å². The molecular weight excluding hydrogens is 252 g/mol. The quantitative estimate of drug-likeness (QED) is 0.917. The van der Waals surface area contributed by atoms with Gasteiger partial charge in [0.05, 0.1) is 10.7 Å². The van der Waals surface area contributed by atoms with Crippen LogP contribution in [0.4, 0.5) is 0 Å². The van der Waals surface area contributed by atoms with Gasteiger partial charge in [-0.05, 0) is 25.6 Å². The van der Waals surface area contributed by atoms with E-state index in [1.807, 2.05) is 25.2 Å². The zero-order valence-electron chi connectivity index (χ0n) is 9.96. The lowest BCUT2D eigenvalue weighted by Crippen LogP contribution is -2.04. The summed E-state index contributed by atoms with van der Waals surface area (Å²) in [5, 5.41) is 5.10. The van der Waals surface area contributed by atoms with Gasteiger partial charge >= 0.3 is 0 Å². The molecule has 1 heterocycles.